The molecule has 0 atom stereocenters. The van der Waals surface area contributed by atoms with Crippen molar-refractivity contribution in [1.82, 2.24) is 0 Å². The van der Waals surface area contributed by atoms with Crippen LogP contribution < -0.4 is 11.1 Å². The van der Waals surface area contributed by atoms with Crippen LogP contribution in [0, 0.1) is 0 Å². The van der Waals surface area contributed by atoms with Crippen LogP contribution in [0.3, 0.4) is 0 Å². The van der Waals surface area contributed by atoms with E-state index in [9.17, 15) is 4.79 Å². The van der Waals surface area contributed by atoms with Crippen LogP contribution in [0.5, 0.6) is 0 Å². The van der Waals surface area contributed by atoms with Gasteiger partial charge in [-0.25, -0.2) is 0 Å². The first-order valence-electron chi connectivity index (χ1n) is 6.43. The van der Waals surface area contributed by atoms with Crippen molar-refractivity contribution >= 4 is 33.2 Å². The predicted octanol–water partition coefficient (Wildman–Crippen LogP) is 4.41. The molecule has 3 N–H and O–H groups in total. The normalized spacial score (nSPS) is 10.6. The Morgan fingerprint density at radius 3 is 2.35 bits per heavy atom. The number of benzene rings is 2. The fraction of sp³-hybridized carbons (Fsp3) is 0.188. The summed E-state index contributed by atoms with van der Waals surface area (Å²) in [4.78, 5) is 12.1. The molecule has 0 radical (unpaired) electrons. The number of hydrogen-bond acceptors (Lipinski definition) is 2. The zero-order valence-electron chi connectivity index (χ0n) is 11.5. The Morgan fingerprint density at radius 2 is 1.80 bits per heavy atom. The second kappa shape index (κ2) is 6.09. The lowest BCUT2D eigenvalue weighted by atomic mass is 10.0. The second-order valence-electron chi connectivity index (χ2n) is 4.97. The lowest BCUT2D eigenvalue weighted by Crippen LogP contribution is -2.12. The quantitative estimate of drug-likeness (QED) is 0.818. The van der Waals surface area contributed by atoms with Gasteiger partial charge in [0.15, 0.2) is 0 Å². The number of halogens is 1. The number of hydrogen-bond donors (Lipinski definition) is 2. The summed E-state index contributed by atoms with van der Waals surface area (Å²) in [5.74, 6) is 0.320. The monoisotopic (exact) mass is 332 g/mol. The standard InChI is InChI=1S/C16H17BrN2O/c1-10(2)11-3-5-12(6-4-11)16(20)19-13-7-8-14(17)15(18)9-13/h3-10H,18H2,1-2H3,(H,19,20). The number of nitrogen functional groups attached to an aromatic ring is 1. The van der Waals surface area contributed by atoms with E-state index in [2.05, 4.69) is 35.1 Å². The van der Waals surface area contributed by atoms with Crippen molar-refractivity contribution in [3.63, 3.8) is 0 Å². The molecule has 2 aromatic carbocycles. The van der Waals surface area contributed by atoms with Gasteiger partial charge >= 0.3 is 0 Å². The molecule has 0 aliphatic carbocycles. The van der Waals surface area contributed by atoms with Gasteiger partial charge in [-0.15, -0.1) is 0 Å². The molecule has 0 saturated carbocycles. The van der Waals surface area contributed by atoms with Crippen molar-refractivity contribution in [3.05, 3.63) is 58.1 Å². The summed E-state index contributed by atoms with van der Waals surface area (Å²) < 4.78 is 0.816. The van der Waals surface area contributed by atoms with Crippen LogP contribution in [-0.4, -0.2) is 5.91 Å². The highest BCUT2D eigenvalue weighted by Crippen LogP contribution is 2.23. The first kappa shape index (κ1) is 14.6. The summed E-state index contributed by atoms with van der Waals surface area (Å²) in [7, 11) is 0. The minimum absolute atomic E-state index is 0.137. The van der Waals surface area contributed by atoms with Crippen LogP contribution in [0.1, 0.15) is 35.7 Å². The molecule has 0 fully saturated rings. The number of carbonyl (C=O) groups is 1. The van der Waals surface area contributed by atoms with Gasteiger partial charge in [0, 0.05) is 21.4 Å². The molecule has 20 heavy (non-hydrogen) atoms. The molecule has 0 aliphatic heterocycles. The zero-order chi connectivity index (χ0) is 14.7. The van der Waals surface area contributed by atoms with E-state index in [1.807, 2.05) is 30.3 Å². The Hall–Kier alpha value is -1.81. The molecular formula is C16H17BrN2O. The van der Waals surface area contributed by atoms with Crippen molar-refractivity contribution in [3.8, 4) is 0 Å². The molecule has 0 bridgehead atoms. The van der Waals surface area contributed by atoms with E-state index in [1.54, 1.807) is 12.1 Å². The van der Waals surface area contributed by atoms with E-state index < -0.39 is 0 Å². The Labute approximate surface area is 127 Å². The van der Waals surface area contributed by atoms with Gasteiger partial charge in [-0.1, -0.05) is 26.0 Å². The van der Waals surface area contributed by atoms with E-state index in [4.69, 9.17) is 5.73 Å². The number of amides is 1. The fourth-order valence-electron chi connectivity index (χ4n) is 1.84. The minimum atomic E-state index is -0.137. The first-order valence-corrected chi connectivity index (χ1v) is 7.23. The summed E-state index contributed by atoms with van der Waals surface area (Å²) in [6, 6.07) is 13.0. The Kier molecular flexibility index (Phi) is 4.45. The van der Waals surface area contributed by atoms with Crippen LogP contribution >= 0.6 is 15.9 Å². The van der Waals surface area contributed by atoms with Gasteiger partial charge in [0.25, 0.3) is 5.91 Å². The van der Waals surface area contributed by atoms with E-state index in [-0.39, 0.29) is 5.91 Å². The Bertz CT molecular complexity index is 621. The molecule has 0 aliphatic rings. The van der Waals surface area contributed by atoms with Crippen LogP contribution in [-0.2, 0) is 0 Å². The maximum absolute atomic E-state index is 12.1. The molecule has 4 heteroatoms. The maximum atomic E-state index is 12.1. The van der Waals surface area contributed by atoms with Crippen LogP contribution in [0.25, 0.3) is 0 Å². The number of nitrogens with one attached hydrogen (secondary N) is 1. The predicted molar refractivity (Wildman–Crippen MR) is 87.0 cm³/mol. The highest BCUT2D eigenvalue weighted by atomic mass is 79.9. The third-order valence-electron chi connectivity index (χ3n) is 3.09. The topological polar surface area (TPSA) is 55.1 Å². The lowest BCUT2D eigenvalue weighted by molar-refractivity contribution is 0.102. The molecule has 3 nitrogen and oxygen atoms in total. The van der Waals surface area contributed by atoms with Gasteiger partial charge < -0.3 is 11.1 Å². The van der Waals surface area contributed by atoms with Crippen molar-refractivity contribution in [1.29, 1.82) is 0 Å². The average Bonchev–Trinajstić information content (AvgIpc) is 2.43. The lowest BCUT2D eigenvalue weighted by Gasteiger charge is -2.09. The average molecular weight is 333 g/mol. The first-order chi connectivity index (χ1) is 9.47. The molecule has 2 aromatic rings. The smallest absolute Gasteiger partial charge is 0.255 e. The van der Waals surface area contributed by atoms with Gasteiger partial charge in [0.2, 0.25) is 0 Å². The molecule has 104 valence electrons. The summed E-state index contributed by atoms with van der Waals surface area (Å²) in [5, 5.41) is 2.84. The maximum Gasteiger partial charge on any atom is 0.255 e. The van der Waals surface area contributed by atoms with Crippen LogP contribution in [0.2, 0.25) is 0 Å². The molecular weight excluding hydrogens is 316 g/mol. The summed E-state index contributed by atoms with van der Waals surface area (Å²) in [6.45, 7) is 4.25. The van der Waals surface area contributed by atoms with Gasteiger partial charge in [-0.3, -0.25) is 4.79 Å². The molecule has 0 unspecified atom stereocenters. The Morgan fingerprint density at radius 1 is 1.15 bits per heavy atom. The highest BCUT2D eigenvalue weighted by Gasteiger charge is 2.07. The summed E-state index contributed by atoms with van der Waals surface area (Å²) >= 11 is 3.32. The largest absolute Gasteiger partial charge is 0.398 e. The van der Waals surface area contributed by atoms with Gasteiger partial charge in [0.1, 0.15) is 0 Å². The van der Waals surface area contributed by atoms with Gasteiger partial charge in [0.05, 0.1) is 0 Å². The SMILES string of the molecule is CC(C)c1ccc(C(=O)Nc2ccc(Br)c(N)c2)cc1. The fourth-order valence-corrected chi connectivity index (χ4v) is 2.09. The zero-order valence-corrected chi connectivity index (χ0v) is 13.1. The van der Waals surface area contributed by atoms with Crippen LogP contribution in [0.4, 0.5) is 11.4 Å². The highest BCUT2D eigenvalue weighted by molar-refractivity contribution is 9.10. The number of anilines is 2. The third kappa shape index (κ3) is 3.39. The van der Waals surface area contributed by atoms with Gasteiger partial charge in [-0.05, 0) is 57.7 Å². The molecule has 2 rings (SSSR count). The number of carbonyl (C=O) groups excluding carboxylic acids is 1. The summed E-state index contributed by atoms with van der Waals surface area (Å²) in [6.07, 6.45) is 0. The molecule has 0 heterocycles. The molecule has 0 aromatic heterocycles. The van der Waals surface area contributed by atoms with Crippen molar-refractivity contribution in [2.24, 2.45) is 0 Å². The van der Waals surface area contributed by atoms with Crippen molar-refractivity contribution < 1.29 is 4.79 Å². The molecule has 1 amide bonds. The second-order valence-corrected chi connectivity index (χ2v) is 5.82. The van der Waals surface area contributed by atoms with Gasteiger partial charge in [-0.2, -0.15) is 0 Å². The van der Waals surface area contributed by atoms with E-state index in [0.29, 0.717) is 22.9 Å². The number of rotatable bonds is 3. The Balaban J connectivity index is 2.13. The molecule has 0 spiro atoms. The van der Waals surface area contributed by atoms with E-state index >= 15 is 0 Å². The van der Waals surface area contributed by atoms with Crippen LogP contribution in [0.15, 0.2) is 46.9 Å². The van der Waals surface area contributed by atoms with E-state index in [0.717, 1.165) is 4.47 Å². The van der Waals surface area contributed by atoms with E-state index in [1.165, 1.54) is 5.56 Å². The molecule has 0 saturated heterocycles. The van der Waals surface area contributed by atoms with Crippen molar-refractivity contribution in [2.45, 2.75) is 19.8 Å². The van der Waals surface area contributed by atoms with Crippen molar-refractivity contribution in [2.75, 3.05) is 11.1 Å². The summed E-state index contributed by atoms with van der Waals surface area (Å²) in [5.41, 5.74) is 8.92. The number of nitrogens with two attached hydrogens (primary N) is 1. The third-order valence-corrected chi connectivity index (χ3v) is 3.82. The minimum Gasteiger partial charge on any atom is -0.398 e.